The first-order chi connectivity index (χ1) is 8.56. The van der Waals surface area contributed by atoms with Crippen LogP contribution in [0.25, 0.3) is 0 Å². The topological polar surface area (TPSA) is 81.9 Å². The zero-order valence-electron chi connectivity index (χ0n) is 12.4. The first kappa shape index (κ1) is 15.8. The molecule has 2 N–H and O–H groups in total. The average molecular weight is 272 g/mol. The van der Waals surface area contributed by atoms with E-state index in [1.54, 1.807) is 34.6 Å². The molecule has 2 unspecified atom stereocenters. The number of rotatable bonds is 2. The minimum Gasteiger partial charge on any atom is -0.445 e. The highest BCUT2D eigenvalue weighted by molar-refractivity contribution is 5.86. The van der Waals surface area contributed by atoms with Crippen LogP contribution in [0.1, 0.15) is 47.5 Å². The molecule has 1 rings (SSSR count). The summed E-state index contributed by atoms with van der Waals surface area (Å²) in [4.78, 5) is 25.7. The van der Waals surface area contributed by atoms with Crippen LogP contribution in [0.4, 0.5) is 4.79 Å². The number of carbonyl (C=O) groups is 2. The summed E-state index contributed by atoms with van der Waals surface area (Å²) in [5.74, 6) is -0.481. The Balaban J connectivity index is 2.83. The lowest BCUT2D eigenvalue weighted by Crippen LogP contribution is -2.53. The largest absolute Gasteiger partial charge is 0.445 e. The van der Waals surface area contributed by atoms with Crippen molar-refractivity contribution in [2.24, 2.45) is 5.73 Å². The summed E-state index contributed by atoms with van der Waals surface area (Å²) >= 11 is 0. The van der Waals surface area contributed by atoms with Crippen molar-refractivity contribution in [3.8, 4) is 0 Å². The molecule has 0 radical (unpaired) electrons. The summed E-state index contributed by atoms with van der Waals surface area (Å²) < 4.78 is 10.4. The van der Waals surface area contributed by atoms with Gasteiger partial charge in [0.15, 0.2) is 0 Å². The quantitative estimate of drug-likeness (QED) is 0.610. The molecular weight excluding hydrogens is 248 g/mol. The highest BCUT2D eigenvalue weighted by Gasteiger charge is 2.48. The van der Waals surface area contributed by atoms with E-state index in [1.165, 1.54) is 4.90 Å². The number of ether oxygens (including phenoxy) is 2. The molecule has 1 amide bonds. The molecule has 1 fully saturated rings. The van der Waals surface area contributed by atoms with E-state index >= 15 is 0 Å². The Morgan fingerprint density at radius 2 is 1.95 bits per heavy atom. The van der Waals surface area contributed by atoms with Crippen LogP contribution in [0.3, 0.4) is 0 Å². The first-order valence-electron chi connectivity index (χ1n) is 6.53. The lowest BCUT2D eigenvalue weighted by atomic mass is 9.99. The van der Waals surface area contributed by atoms with Crippen molar-refractivity contribution in [1.82, 2.24) is 4.90 Å². The Hall–Kier alpha value is -1.30. The molecule has 1 saturated heterocycles. The Morgan fingerprint density at radius 3 is 2.42 bits per heavy atom. The van der Waals surface area contributed by atoms with Crippen molar-refractivity contribution >= 4 is 12.1 Å². The van der Waals surface area contributed by atoms with Crippen LogP contribution >= 0.6 is 0 Å². The van der Waals surface area contributed by atoms with Gasteiger partial charge in [0.2, 0.25) is 0 Å². The maximum Gasteiger partial charge on any atom is 0.411 e. The Morgan fingerprint density at radius 1 is 1.37 bits per heavy atom. The Kier molecular flexibility index (Phi) is 4.45. The molecule has 6 nitrogen and oxygen atoms in total. The average Bonchev–Trinajstić information content (AvgIpc) is 2.58. The number of carbonyl (C=O) groups excluding carboxylic acids is 2. The summed E-state index contributed by atoms with van der Waals surface area (Å²) in [6.07, 6.45) is 0.112. The van der Waals surface area contributed by atoms with E-state index in [1.807, 2.05) is 0 Å². The summed E-state index contributed by atoms with van der Waals surface area (Å²) in [6, 6.07) is 0. The standard InChI is InChI=1S/C13H24N2O4/c1-9(14)18-10(16)13(5)7-6-8-15(13)11(17)19-12(2,3)4/h9H,6-8,14H2,1-5H3. The first-order valence-corrected chi connectivity index (χ1v) is 6.53. The molecule has 0 aromatic carbocycles. The predicted molar refractivity (Wildman–Crippen MR) is 70.3 cm³/mol. The van der Waals surface area contributed by atoms with Gasteiger partial charge in [0.05, 0.1) is 0 Å². The SMILES string of the molecule is CC(N)OC(=O)C1(C)CCCN1C(=O)OC(C)(C)C. The normalized spacial score (nSPS) is 25.1. The van der Waals surface area contributed by atoms with Crippen LogP contribution < -0.4 is 5.73 Å². The maximum absolute atomic E-state index is 12.1. The monoisotopic (exact) mass is 272 g/mol. The van der Waals surface area contributed by atoms with E-state index in [-0.39, 0.29) is 0 Å². The smallest absolute Gasteiger partial charge is 0.411 e. The fourth-order valence-electron chi connectivity index (χ4n) is 2.08. The second kappa shape index (κ2) is 5.36. The molecule has 1 heterocycles. The highest BCUT2D eigenvalue weighted by atomic mass is 16.6. The summed E-state index contributed by atoms with van der Waals surface area (Å²) in [7, 11) is 0. The third-order valence-electron chi connectivity index (χ3n) is 2.99. The molecule has 0 saturated carbocycles. The van der Waals surface area contributed by atoms with Gasteiger partial charge in [-0.15, -0.1) is 0 Å². The van der Waals surface area contributed by atoms with E-state index in [9.17, 15) is 9.59 Å². The molecule has 0 bridgehead atoms. The number of hydrogen-bond acceptors (Lipinski definition) is 5. The zero-order valence-corrected chi connectivity index (χ0v) is 12.4. The number of likely N-dealkylation sites (tertiary alicyclic amines) is 1. The van der Waals surface area contributed by atoms with Crippen LogP contribution in [0, 0.1) is 0 Å². The fraction of sp³-hybridized carbons (Fsp3) is 0.846. The van der Waals surface area contributed by atoms with Crippen molar-refractivity contribution < 1.29 is 19.1 Å². The van der Waals surface area contributed by atoms with Gasteiger partial charge >= 0.3 is 12.1 Å². The molecular formula is C13H24N2O4. The third kappa shape index (κ3) is 3.83. The molecule has 19 heavy (non-hydrogen) atoms. The number of hydrogen-bond donors (Lipinski definition) is 1. The van der Waals surface area contributed by atoms with Crippen LogP contribution in [0.5, 0.6) is 0 Å². The predicted octanol–water partition coefficient (Wildman–Crippen LogP) is 1.62. The molecule has 1 aliphatic rings. The van der Waals surface area contributed by atoms with E-state index in [0.29, 0.717) is 13.0 Å². The van der Waals surface area contributed by atoms with E-state index in [4.69, 9.17) is 15.2 Å². The molecule has 0 spiro atoms. The van der Waals surface area contributed by atoms with E-state index < -0.39 is 29.4 Å². The lowest BCUT2D eigenvalue weighted by molar-refractivity contribution is -0.159. The minimum atomic E-state index is -0.990. The zero-order chi connectivity index (χ0) is 14.8. The molecule has 2 atom stereocenters. The molecule has 1 aliphatic heterocycles. The van der Waals surface area contributed by atoms with Crippen molar-refractivity contribution in [3.63, 3.8) is 0 Å². The van der Waals surface area contributed by atoms with Gasteiger partial charge in [-0.25, -0.2) is 9.59 Å². The third-order valence-corrected chi connectivity index (χ3v) is 2.99. The van der Waals surface area contributed by atoms with E-state index in [2.05, 4.69) is 0 Å². The van der Waals surface area contributed by atoms with Gasteiger partial charge in [-0.3, -0.25) is 10.6 Å². The Labute approximate surface area is 114 Å². The second-order valence-electron chi connectivity index (χ2n) is 6.12. The minimum absolute atomic E-state index is 0.481. The summed E-state index contributed by atoms with van der Waals surface area (Å²) in [5.41, 5.74) is 3.88. The lowest BCUT2D eigenvalue weighted by Gasteiger charge is -2.34. The maximum atomic E-state index is 12.1. The van der Waals surface area contributed by atoms with Crippen LogP contribution in [-0.2, 0) is 14.3 Å². The molecule has 0 aromatic heterocycles. The van der Waals surface area contributed by atoms with Gasteiger partial charge < -0.3 is 9.47 Å². The second-order valence-corrected chi connectivity index (χ2v) is 6.12. The molecule has 6 heteroatoms. The Bertz CT molecular complexity index is 362. The van der Waals surface area contributed by atoms with Gasteiger partial charge in [0, 0.05) is 6.54 Å². The summed E-state index contributed by atoms with van der Waals surface area (Å²) in [5, 5.41) is 0. The van der Waals surface area contributed by atoms with Gasteiger partial charge in [-0.1, -0.05) is 0 Å². The van der Waals surface area contributed by atoms with Crippen molar-refractivity contribution in [1.29, 1.82) is 0 Å². The number of nitrogens with two attached hydrogens (primary N) is 1. The van der Waals surface area contributed by atoms with Crippen LogP contribution in [0.2, 0.25) is 0 Å². The number of amides is 1. The fourth-order valence-corrected chi connectivity index (χ4v) is 2.08. The van der Waals surface area contributed by atoms with Gasteiger partial charge in [0.1, 0.15) is 17.4 Å². The van der Waals surface area contributed by atoms with Crippen LogP contribution in [0.15, 0.2) is 0 Å². The molecule has 0 aromatic rings. The van der Waals surface area contributed by atoms with Gasteiger partial charge in [0.25, 0.3) is 0 Å². The molecule has 0 aliphatic carbocycles. The van der Waals surface area contributed by atoms with Gasteiger partial charge in [-0.05, 0) is 47.5 Å². The number of nitrogens with zero attached hydrogens (tertiary/aromatic N) is 1. The number of esters is 1. The van der Waals surface area contributed by atoms with Gasteiger partial charge in [-0.2, -0.15) is 0 Å². The van der Waals surface area contributed by atoms with Crippen LogP contribution in [-0.4, -0.2) is 40.9 Å². The summed E-state index contributed by atoms with van der Waals surface area (Å²) in [6.45, 7) is 9.12. The van der Waals surface area contributed by atoms with E-state index in [0.717, 1.165) is 6.42 Å². The highest BCUT2D eigenvalue weighted by Crippen LogP contribution is 2.32. The molecule has 110 valence electrons. The van der Waals surface area contributed by atoms with Crippen molar-refractivity contribution in [2.75, 3.05) is 6.54 Å². The van der Waals surface area contributed by atoms with Crippen molar-refractivity contribution in [3.05, 3.63) is 0 Å². The van der Waals surface area contributed by atoms with Crippen molar-refractivity contribution in [2.45, 2.75) is 64.8 Å².